The van der Waals surface area contributed by atoms with Crippen LogP contribution in [-0.4, -0.2) is 16.7 Å². The average molecular weight is 252 g/mol. The molecule has 1 N–H and O–H groups in total. The third kappa shape index (κ3) is 2.53. The highest BCUT2D eigenvalue weighted by Gasteiger charge is 2.05. The Labute approximate surface area is 105 Å². The highest BCUT2D eigenvalue weighted by molar-refractivity contribution is 6.29. The number of halogens is 1. The van der Waals surface area contributed by atoms with Crippen LogP contribution in [0.3, 0.4) is 0 Å². The van der Waals surface area contributed by atoms with E-state index in [9.17, 15) is 0 Å². The summed E-state index contributed by atoms with van der Waals surface area (Å²) in [6.45, 7) is 0.601. The SMILES string of the molecule is COc1ccccc1NCc1ncc(Cl)n1C. The summed E-state index contributed by atoms with van der Waals surface area (Å²) in [6, 6.07) is 7.76. The Hall–Kier alpha value is -1.68. The number of ether oxygens (including phenoxy) is 1. The molecule has 0 atom stereocenters. The molecule has 0 fully saturated rings. The number of imidazole rings is 1. The second-order valence-electron chi connectivity index (χ2n) is 3.61. The number of rotatable bonds is 4. The topological polar surface area (TPSA) is 39.1 Å². The molecule has 0 saturated carbocycles. The van der Waals surface area contributed by atoms with Gasteiger partial charge >= 0.3 is 0 Å². The Morgan fingerprint density at radius 3 is 2.82 bits per heavy atom. The van der Waals surface area contributed by atoms with E-state index in [1.807, 2.05) is 35.9 Å². The van der Waals surface area contributed by atoms with E-state index < -0.39 is 0 Å². The van der Waals surface area contributed by atoms with Gasteiger partial charge in [-0.2, -0.15) is 0 Å². The van der Waals surface area contributed by atoms with Crippen LogP contribution in [-0.2, 0) is 13.6 Å². The molecule has 1 aromatic heterocycles. The molecule has 4 nitrogen and oxygen atoms in total. The van der Waals surface area contributed by atoms with Gasteiger partial charge in [-0.3, -0.25) is 0 Å². The predicted molar refractivity (Wildman–Crippen MR) is 68.5 cm³/mol. The van der Waals surface area contributed by atoms with Crippen molar-refractivity contribution in [1.29, 1.82) is 0 Å². The number of nitrogens with one attached hydrogen (secondary N) is 1. The number of anilines is 1. The maximum absolute atomic E-state index is 5.92. The molecule has 1 aromatic carbocycles. The van der Waals surface area contributed by atoms with Gasteiger partial charge in [0.05, 0.1) is 25.5 Å². The summed E-state index contributed by atoms with van der Waals surface area (Å²) in [5.74, 6) is 1.69. The standard InChI is InChI=1S/C12H14ClN3O/c1-16-11(13)7-15-12(16)8-14-9-5-3-4-6-10(9)17-2/h3-7,14H,8H2,1-2H3. The van der Waals surface area contributed by atoms with E-state index in [4.69, 9.17) is 16.3 Å². The van der Waals surface area contributed by atoms with Crippen molar-refractivity contribution >= 4 is 17.3 Å². The van der Waals surface area contributed by atoms with Crippen LogP contribution in [0.4, 0.5) is 5.69 Å². The van der Waals surface area contributed by atoms with Gasteiger partial charge in [0.15, 0.2) is 0 Å². The summed E-state index contributed by atoms with van der Waals surface area (Å²) in [4.78, 5) is 4.21. The summed E-state index contributed by atoms with van der Waals surface area (Å²) in [5.41, 5.74) is 0.939. The second kappa shape index (κ2) is 5.10. The van der Waals surface area contributed by atoms with E-state index in [1.54, 1.807) is 13.3 Å². The van der Waals surface area contributed by atoms with Gasteiger partial charge in [-0.15, -0.1) is 0 Å². The maximum atomic E-state index is 5.92. The monoisotopic (exact) mass is 251 g/mol. The fraction of sp³-hybridized carbons (Fsp3) is 0.250. The number of aromatic nitrogens is 2. The Morgan fingerprint density at radius 1 is 1.41 bits per heavy atom. The van der Waals surface area contributed by atoms with E-state index in [0.29, 0.717) is 11.7 Å². The third-order valence-electron chi connectivity index (χ3n) is 2.57. The molecule has 0 amide bonds. The first-order valence-corrected chi connectivity index (χ1v) is 5.63. The smallest absolute Gasteiger partial charge is 0.141 e. The van der Waals surface area contributed by atoms with Crippen molar-refractivity contribution in [3.63, 3.8) is 0 Å². The third-order valence-corrected chi connectivity index (χ3v) is 2.92. The van der Waals surface area contributed by atoms with Crippen LogP contribution in [0, 0.1) is 0 Å². The molecule has 0 bridgehead atoms. The van der Waals surface area contributed by atoms with Crippen molar-refractivity contribution in [3.05, 3.63) is 41.4 Å². The van der Waals surface area contributed by atoms with E-state index in [1.165, 1.54) is 0 Å². The van der Waals surface area contributed by atoms with Gasteiger partial charge in [-0.1, -0.05) is 23.7 Å². The summed E-state index contributed by atoms with van der Waals surface area (Å²) < 4.78 is 7.09. The van der Waals surface area contributed by atoms with Crippen LogP contribution in [0.2, 0.25) is 5.15 Å². The van der Waals surface area contributed by atoms with E-state index in [2.05, 4.69) is 10.3 Å². The number of benzene rings is 1. The quantitative estimate of drug-likeness (QED) is 0.908. The molecule has 5 heteroatoms. The first-order chi connectivity index (χ1) is 8.22. The lowest BCUT2D eigenvalue weighted by Gasteiger charge is -2.10. The minimum Gasteiger partial charge on any atom is -0.495 e. The molecule has 0 unspecified atom stereocenters. The van der Waals surface area contributed by atoms with Gasteiger partial charge in [0.25, 0.3) is 0 Å². The minimum atomic E-state index is 0.601. The summed E-state index contributed by atoms with van der Waals surface area (Å²) in [7, 11) is 3.53. The summed E-state index contributed by atoms with van der Waals surface area (Å²) in [6.07, 6.45) is 1.64. The Morgan fingerprint density at radius 2 is 2.18 bits per heavy atom. The summed E-state index contributed by atoms with van der Waals surface area (Å²) >= 11 is 5.92. The van der Waals surface area contributed by atoms with Crippen LogP contribution in [0.15, 0.2) is 30.5 Å². The molecule has 2 aromatic rings. The number of nitrogens with zero attached hydrogens (tertiary/aromatic N) is 2. The molecule has 0 aliphatic rings. The zero-order valence-electron chi connectivity index (χ0n) is 9.77. The van der Waals surface area contributed by atoms with Crippen LogP contribution in [0.1, 0.15) is 5.82 Å². The highest BCUT2D eigenvalue weighted by atomic mass is 35.5. The molecule has 0 saturated heterocycles. The van der Waals surface area contributed by atoms with E-state index >= 15 is 0 Å². The number of para-hydroxylation sites is 2. The molecule has 0 spiro atoms. The Kier molecular flexibility index (Phi) is 3.54. The Balaban J connectivity index is 2.10. The molecule has 17 heavy (non-hydrogen) atoms. The van der Waals surface area contributed by atoms with Gasteiger partial charge < -0.3 is 14.6 Å². The molecule has 1 heterocycles. The van der Waals surface area contributed by atoms with Crippen molar-refractivity contribution in [1.82, 2.24) is 9.55 Å². The first kappa shape index (κ1) is 11.8. The molecule has 0 aliphatic carbocycles. The molecular weight excluding hydrogens is 238 g/mol. The number of hydrogen-bond donors (Lipinski definition) is 1. The average Bonchev–Trinajstić information content (AvgIpc) is 2.68. The van der Waals surface area contributed by atoms with Crippen molar-refractivity contribution in [3.8, 4) is 5.75 Å². The van der Waals surface area contributed by atoms with Crippen molar-refractivity contribution in [2.45, 2.75) is 6.54 Å². The van der Waals surface area contributed by atoms with E-state index in [0.717, 1.165) is 17.3 Å². The molecule has 0 radical (unpaired) electrons. The van der Waals surface area contributed by atoms with Crippen molar-refractivity contribution in [2.24, 2.45) is 7.05 Å². The van der Waals surface area contributed by atoms with Gasteiger partial charge in [-0.05, 0) is 12.1 Å². The normalized spacial score (nSPS) is 10.3. The van der Waals surface area contributed by atoms with Gasteiger partial charge in [0.1, 0.15) is 16.7 Å². The molecule has 90 valence electrons. The maximum Gasteiger partial charge on any atom is 0.141 e. The molecular formula is C12H14ClN3O. The minimum absolute atomic E-state index is 0.601. The number of methoxy groups -OCH3 is 1. The predicted octanol–water partition coefficient (Wildman–Crippen LogP) is 2.69. The zero-order chi connectivity index (χ0) is 12.3. The van der Waals surface area contributed by atoms with Gasteiger partial charge in [0.2, 0.25) is 0 Å². The van der Waals surface area contributed by atoms with Gasteiger partial charge in [0, 0.05) is 7.05 Å². The summed E-state index contributed by atoms with van der Waals surface area (Å²) in [5, 5.41) is 3.89. The van der Waals surface area contributed by atoms with Crippen molar-refractivity contribution < 1.29 is 4.74 Å². The van der Waals surface area contributed by atoms with Crippen LogP contribution in [0.5, 0.6) is 5.75 Å². The second-order valence-corrected chi connectivity index (χ2v) is 4.00. The molecule has 2 rings (SSSR count). The van der Waals surface area contributed by atoms with E-state index in [-0.39, 0.29) is 0 Å². The van der Waals surface area contributed by atoms with Crippen LogP contribution >= 0.6 is 11.6 Å². The number of hydrogen-bond acceptors (Lipinski definition) is 3. The first-order valence-electron chi connectivity index (χ1n) is 5.25. The lowest BCUT2D eigenvalue weighted by atomic mass is 10.3. The van der Waals surface area contributed by atoms with Crippen molar-refractivity contribution in [2.75, 3.05) is 12.4 Å². The fourth-order valence-electron chi connectivity index (χ4n) is 1.55. The fourth-order valence-corrected chi connectivity index (χ4v) is 1.70. The van der Waals surface area contributed by atoms with Gasteiger partial charge in [-0.25, -0.2) is 4.98 Å². The van der Waals surface area contributed by atoms with Crippen LogP contribution in [0.25, 0.3) is 0 Å². The Bertz CT molecular complexity index is 510. The largest absolute Gasteiger partial charge is 0.495 e. The highest BCUT2D eigenvalue weighted by Crippen LogP contribution is 2.23. The van der Waals surface area contributed by atoms with Crippen LogP contribution < -0.4 is 10.1 Å². The lowest BCUT2D eigenvalue weighted by molar-refractivity contribution is 0.416. The lowest BCUT2D eigenvalue weighted by Crippen LogP contribution is -2.06. The molecule has 0 aliphatic heterocycles. The zero-order valence-corrected chi connectivity index (χ0v) is 10.5.